The van der Waals surface area contributed by atoms with E-state index in [1.165, 1.54) is 17.7 Å². The SMILES string of the molecule is CCOc1ccc(C(=O)Nc2cccc(F)c2)cc1COc1ccc(C(C)(C)C)cc1. The summed E-state index contributed by atoms with van der Waals surface area (Å²) in [4.78, 5) is 12.6. The highest BCUT2D eigenvalue weighted by Crippen LogP contribution is 2.26. The van der Waals surface area contributed by atoms with Crippen LogP contribution in [-0.2, 0) is 12.0 Å². The number of halogens is 1. The average molecular weight is 422 g/mol. The van der Waals surface area contributed by atoms with Crippen molar-refractivity contribution in [1.29, 1.82) is 0 Å². The van der Waals surface area contributed by atoms with Gasteiger partial charge in [-0.25, -0.2) is 4.39 Å². The molecular formula is C26H28FNO3. The van der Waals surface area contributed by atoms with Crippen molar-refractivity contribution in [3.8, 4) is 11.5 Å². The highest BCUT2D eigenvalue weighted by molar-refractivity contribution is 6.04. The molecule has 3 aromatic rings. The fourth-order valence-electron chi connectivity index (χ4n) is 3.11. The first-order valence-corrected chi connectivity index (χ1v) is 10.3. The zero-order chi connectivity index (χ0) is 22.4. The molecule has 162 valence electrons. The molecule has 0 atom stereocenters. The summed E-state index contributed by atoms with van der Waals surface area (Å²) in [6, 6.07) is 19.0. The summed E-state index contributed by atoms with van der Waals surface area (Å²) >= 11 is 0. The molecule has 5 heteroatoms. The van der Waals surface area contributed by atoms with Crippen LogP contribution < -0.4 is 14.8 Å². The largest absolute Gasteiger partial charge is 0.493 e. The first-order chi connectivity index (χ1) is 14.8. The maximum absolute atomic E-state index is 13.4. The van der Waals surface area contributed by atoms with Crippen LogP contribution in [0, 0.1) is 5.82 Å². The van der Waals surface area contributed by atoms with Gasteiger partial charge in [-0.15, -0.1) is 0 Å². The minimum atomic E-state index is -0.406. The van der Waals surface area contributed by atoms with Crippen LogP contribution in [0.1, 0.15) is 49.2 Å². The maximum Gasteiger partial charge on any atom is 0.255 e. The van der Waals surface area contributed by atoms with Gasteiger partial charge >= 0.3 is 0 Å². The molecule has 1 amide bonds. The van der Waals surface area contributed by atoms with Crippen molar-refractivity contribution >= 4 is 11.6 Å². The van der Waals surface area contributed by atoms with Crippen molar-refractivity contribution in [2.24, 2.45) is 0 Å². The van der Waals surface area contributed by atoms with Gasteiger partial charge in [-0.3, -0.25) is 4.79 Å². The van der Waals surface area contributed by atoms with E-state index in [1.807, 2.05) is 19.1 Å². The zero-order valence-electron chi connectivity index (χ0n) is 18.4. The van der Waals surface area contributed by atoms with Gasteiger partial charge in [0, 0.05) is 16.8 Å². The third-order valence-corrected chi connectivity index (χ3v) is 4.82. The molecule has 1 N–H and O–H groups in total. The molecule has 3 rings (SSSR count). The van der Waals surface area contributed by atoms with Crippen LogP contribution in [0.15, 0.2) is 66.7 Å². The van der Waals surface area contributed by atoms with Crippen LogP contribution in [-0.4, -0.2) is 12.5 Å². The van der Waals surface area contributed by atoms with Gasteiger partial charge in [-0.05, 0) is 66.4 Å². The van der Waals surface area contributed by atoms with Crippen LogP contribution in [0.5, 0.6) is 11.5 Å². The molecular weight excluding hydrogens is 393 g/mol. The lowest BCUT2D eigenvalue weighted by atomic mass is 9.87. The summed E-state index contributed by atoms with van der Waals surface area (Å²) in [6.07, 6.45) is 0. The Labute approximate surface area is 183 Å². The molecule has 0 heterocycles. The molecule has 0 aromatic heterocycles. The highest BCUT2D eigenvalue weighted by Gasteiger charge is 2.14. The minimum Gasteiger partial charge on any atom is -0.493 e. The first-order valence-electron chi connectivity index (χ1n) is 10.3. The third kappa shape index (κ3) is 6.07. The molecule has 0 aliphatic rings. The van der Waals surface area contributed by atoms with Crippen molar-refractivity contribution in [2.45, 2.75) is 39.7 Å². The molecule has 0 bridgehead atoms. The minimum absolute atomic E-state index is 0.0734. The van der Waals surface area contributed by atoms with E-state index in [9.17, 15) is 9.18 Å². The average Bonchev–Trinajstić information content (AvgIpc) is 2.73. The number of carbonyl (C=O) groups excluding carboxylic acids is 1. The number of rotatable bonds is 7. The smallest absolute Gasteiger partial charge is 0.255 e. The summed E-state index contributed by atoms with van der Waals surface area (Å²) in [5.41, 5.74) is 2.90. The third-order valence-electron chi connectivity index (χ3n) is 4.82. The standard InChI is InChI=1S/C26H28FNO3/c1-5-30-24-14-9-18(25(29)28-22-8-6-7-21(27)16-22)15-19(24)17-31-23-12-10-20(11-13-23)26(2,3)4/h6-16H,5,17H2,1-4H3,(H,28,29). The predicted octanol–water partition coefficient (Wildman–Crippen LogP) is 6.35. The number of ether oxygens (including phenoxy) is 2. The van der Waals surface area contributed by atoms with Gasteiger partial charge in [0.15, 0.2) is 0 Å². The molecule has 0 spiro atoms. The number of hydrogen-bond donors (Lipinski definition) is 1. The number of amides is 1. The quantitative estimate of drug-likeness (QED) is 0.483. The van der Waals surface area contributed by atoms with Crippen LogP contribution in [0.2, 0.25) is 0 Å². The monoisotopic (exact) mass is 421 g/mol. The number of nitrogens with one attached hydrogen (secondary N) is 1. The fourth-order valence-corrected chi connectivity index (χ4v) is 3.11. The molecule has 0 saturated heterocycles. The van der Waals surface area contributed by atoms with E-state index in [2.05, 4.69) is 38.2 Å². The summed E-state index contributed by atoms with van der Waals surface area (Å²) in [6.45, 7) is 9.15. The summed E-state index contributed by atoms with van der Waals surface area (Å²) in [5, 5.41) is 2.71. The van der Waals surface area contributed by atoms with Gasteiger partial charge in [-0.1, -0.05) is 39.0 Å². The van der Waals surface area contributed by atoms with Gasteiger partial charge in [-0.2, -0.15) is 0 Å². The summed E-state index contributed by atoms with van der Waals surface area (Å²) in [5.74, 6) is 0.668. The van der Waals surface area contributed by atoms with Crippen LogP contribution in [0.4, 0.5) is 10.1 Å². The lowest BCUT2D eigenvalue weighted by Gasteiger charge is -2.19. The second-order valence-electron chi connectivity index (χ2n) is 8.28. The molecule has 3 aromatic carbocycles. The Morgan fingerprint density at radius 1 is 0.968 bits per heavy atom. The van der Waals surface area contributed by atoms with Crippen molar-refractivity contribution in [2.75, 3.05) is 11.9 Å². The second-order valence-corrected chi connectivity index (χ2v) is 8.28. The second kappa shape index (κ2) is 9.65. The molecule has 0 unspecified atom stereocenters. The lowest BCUT2D eigenvalue weighted by molar-refractivity contribution is 0.102. The Morgan fingerprint density at radius 3 is 2.35 bits per heavy atom. The van der Waals surface area contributed by atoms with Crippen molar-refractivity contribution in [3.63, 3.8) is 0 Å². The Morgan fingerprint density at radius 2 is 1.71 bits per heavy atom. The van der Waals surface area contributed by atoms with E-state index < -0.39 is 5.82 Å². The number of carbonyl (C=O) groups is 1. The van der Waals surface area contributed by atoms with Gasteiger partial charge in [0.25, 0.3) is 5.91 Å². The number of hydrogen-bond acceptors (Lipinski definition) is 3. The van der Waals surface area contributed by atoms with E-state index in [1.54, 1.807) is 30.3 Å². The van der Waals surface area contributed by atoms with Gasteiger partial charge in [0.2, 0.25) is 0 Å². The molecule has 0 aliphatic carbocycles. The van der Waals surface area contributed by atoms with Crippen molar-refractivity contribution in [1.82, 2.24) is 0 Å². The molecule has 4 nitrogen and oxygen atoms in total. The van der Waals surface area contributed by atoms with Crippen molar-refractivity contribution < 1.29 is 18.7 Å². The van der Waals surface area contributed by atoms with Crippen molar-refractivity contribution in [3.05, 3.63) is 89.2 Å². The van der Waals surface area contributed by atoms with Gasteiger partial charge in [0.1, 0.15) is 23.9 Å². The number of benzene rings is 3. The van der Waals surface area contributed by atoms with Gasteiger partial charge in [0.05, 0.1) is 6.61 Å². The normalized spacial score (nSPS) is 11.1. The maximum atomic E-state index is 13.4. The van der Waals surface area contributed by atoms with Crippen LogP contribution >= 0.6 is 0 Å². The first kappa shape index (κ1) is 22.3. The van der Waals surface area contributed by atoms with E-state index in [0.29, 0.717) is 23.6 Å². The summed E-state index contributed by atoms with van der Waals surface area (Å²) in [7, 11) is 0. The topological polar surface area (TPSA) is 47.6 Å². The van der Waals surface area contributed by atoms with E-state index in [4.69, 9.17) is 9.47 Å². The molecule has 0 radical (unpaired) electrons. The fraction of sp³-hybridized carbons (Fsp3) is 0.269. The zero-order valence-corrected chi connectivity index (χ0v) is 18.4. The van der Waals surface area contributed by atoms with Gasteiger partial charge < -0.3 is 14.8 Å². The molecule has 0 saturated carbocycles. The Hall–Kier alpha value is -3.34. The van der Waals surface area contributed by atoms with Crippen LogP contribution in [0.3, 0.4) is 0 Å². The number of anilines is 1. The molecule has 0 aliphatic heterocycles. The molecule has 0 fully saturated rings. The summed E-state index contributed by atoms with van der Waals surface area (Å²) < 4.78 is 25.0. The lowest BCUT2D eigenvalue weighted by Crippen LogP contribution is -2.13. The predicted molar refractivity (Wildman–Crippen MR) is 121 cm³/mol. The van der Waals surface area contributed by atoms with Crippen LogP contribution in [0.25, 0.3) is 0 Å². The van der Waals surface area contributed by atoms with E-state index >= 15 is 0 Å². The molecule has 31 heavy (non-hydrogen) atoms. The van der Waals surface area contributed by atoms with E-state index in [-0.39, 0.29) is 17.9 Å². The Balaban J connectivity index is 1.76. The Bertz CT molecular complexity index is 1040. The van der Waals surface area contributed by atoms with E-state index in [0.717, 1.165) is 11.3 Å². The highest BCUT2D eigenvalue weighted by atomic mass is 19.1. The Kier molecular flexibility index (Phi) is 6.95.